The van der Waals surface area contributed by atoms with Crippen LogP contribution < -0.4 is 14.4 Å². The van der Waals surface area contributed by atoms with E-state index in [2.05, 4.69) is 4.72 Å². The van der Waals surface area contributed by atoms with Crippen LogP contribution >= 0.6 is 0 Å². The van der Waals surface area contributed by atoms with E-state index < -0.39 is 16.0 Å². The zero-order valence-corrected chi connectivity index (χ0v) is 13.7. The van der Waals surface area contributed by atoms with Gasteiger partial charge in [0, 0.05) is 12.6 Å². The standard InChI is InChI=1S/C16H16N2O5S/c1-2-18-10-17-24(21,22)15-9-13(6-7-14(15)18)23-12-5-3-4-11(8-12)16(19)20/h3-9,17H,2,10H2,1H3,(H,19,20). The molecule has 8 heteroatoms. The Morgan fingerprint density at radius 2 is 2.00 bits per heavy atom. The number of nitrogens with one attached hydrogen (secondary N) is 1. The molecular weight excluding hydrogens is 332 g/mol. The molecular formula is C16H16N2O5S. The Kier molecular flexibility index (Phi) is 4.16. The minimum absolute atomic E-state index is 0.0944. The van der Waals surface area contributed by atoms with Crippen LogP contribution in [-0.4, -0.2) is 32.7 Å². The van der Waals surface area contributed by atoms with Crippen LogP contribution in [0.15, 0.2) is 47.4 Å². The first-order valence-corrected chi connectivity index (χ1v) is 8.79. The second kappa shape index (κ2) is 6.14. The SMILES string of the molecule is CCN1CNS(=O)(=O)c2cc(Oc3cccc(C(=O)O)c3)ccc21. The predicted octanol–water partition coefficient (Wildman–Crippen LogP) is 2.25. The summed E-state index contributed by atoms with van der Waals surface area (Å²) in [6, 6.07) is 10.8. The molecule has 126 valence electrons. The lowest BCUT2D eigenvalue weighted by atomic mass is 10.2. The van der Waals surface area contributed by atoms with E-state index in [4.69, 9.17) is 9.84 Å². The molecule has 0 unspecified atom stereocenters. The van der Waals surface area contributed by atoms with Crippen molar-refractivity contribution in [2.75, 3.05) is 18.1 Å². The molecule has 1 aliphatic rings. The van der Waals surface area contributed by atoms with E-state index in [1.807, 2.05) is 11.8 Å². The van der Waals surface area contributed by atoms with Gasteiger partial charge < -0.3 is 14.7 Å². The highest BCUT2D eigenvalue weighted by Crippen LogP contribution is 2.33. The van der Waals surface area contributed by atoms with Crippen molar-refractivity contribution in [1.82, 2.24) is 4.72 Å². The van der Waals surface area contributed by atoms with Crippen molar-refractivity contribution in [2.45, 2.75) is 11.8 Å². The van der Waals surface area contributed by atoms with Gasteiger partial charge in [0.05, 0.1) is 17.9 Å². The smallest absolute Gasteiger partial charge is 0.335 e. The second-order valence-electron chi connectivity index (χ2n) is 5.23. The first-order valence-electron chi connectivity index (χ1n) is 7.30. The third-order valence-corrected chi connectivity index (χ3v) is 5.12. The second-order valence-corrected chi connectivity index (χ2v) is 6.96. The lowest BCUT2D eigenvalue weighted by Gasteiger charge is -2.30. The molecule has 1 aliphatic heterocycles. The minimum atomic E-state index is -3.59. The first-order chi connectivity index (χ1) is 11.4. The van der Waals surface area contributed by atoms with Gasteiger partial charge in [0.25, 0.3) is 0 Å². The largest absolute Gasteiger partial charge is 0.478 e. The fourth-order valence-electron chi connectivity index (χ4n) is 2.47. The van der Waals surface area contributed by atoms with E-state index in [9.17, 15) is 13.2 Å². The summed E-state index contributed by atoms with van der Waals surface area (Å²) in [4.78, 5) is 13.0. The molecule has 7 nitrogen and oxygen atoms in total. The minimum Gasteiger partial charge on any atom is -0.478 e. The van der Waals surface area contributed by atoms with Gasteiger partial charge in [0.1, 0.15) is 16.4 Å². The molecule has 0 aliphatic carbocycles. The summed E-state index contributed by atoms with van der Waals surface area (Å²) in [5, 5.41) is 9.01. The number of hydrogen-bond acceptors (Lipinski definition) is 5. The molecule has 0 bridgehead atoms. The van der Waals surface area contributed by atoms with Gasteiger partial charge in [-0.2, -0.15) is 4.72 Å². The molecule has 0 fully saturated rings. The van der Waals surface area contributed by atoms with Gasteiger partial charge in [-0.3, -0.25) is 0 Å². The van der Waals surface area contributed by atoms with Crippen LogP contribution in [0.4, 0.5) is 5.69 Å². The van der Waals surface area contributed by atoms with Crippen LogP contribution in [0.2, 0.25) is 0 Å². The average Bonchev–Trinajstić information content (AvgIpc) is 2.56. The van der Waals surface area contributed by atoms with Gasteiger partial charge in [0.15, 0.2) is 0 Å². The van der Waals surface area contributed by atoms with Crippen molar-refractivity contribution in [3.8, 4) is 11.5 Å². The van der Waals surface area contributed by atoms with Crippen LogP contribution in [0.3, 0.4) is 0 Å². The molecule has 0 radical (unpaired) electrons. The third-order valence-electron chi connectivity index (χ3n) is 3.71. The number of aromatic carboxylic acids is 1. The number of ether oxygens (including phenoxy) is 1. The van der Waals surface area contributed by atoms with Crippen molar-refractivity contribution >= 4 is 21.7 Å². The van der Waals surface area contributed by atoms with E-state index >= 15 is 0 Å². The summed E-state index contributed by atoms with van der Waals surface area (Å²) in [7, 11) is -3.59. The number of carboxylic acids is 1. The maximum absolute atomic E-state index is 12.2. The fraction of sp³-hybridized carbons (Fsp3) is 0.188. The number of hydrogen-bond donors (Lipinski definition) is 2. The molecule has 1 heterocycles. The highest BCUT2D eigenvalue weighted by atomic mass is 32.2. The third kappa shape index (κ3) is 3.06. The molecule has 0 amide bonds. The number of anilines is 1. The normalized spacial score (nSPS) is 15.6. The number of sulfonamides is 1. The molecule has 24 heavy (non-hydrogen) atoms. The molecule has 2 aromatic rings. The molecule has 0 spiro atoms. The van der Waals surface area contributed by atoms with Gasteiger partial charge in [-0.1, -0.05) is 6.07 Å². The Labute approximate surface area is 139 Å². The van der Waals surface area contributed by atoms with Crippen LogP contribution in [0.5, 0.6) is 11.5 Å². The number of benzene rings is 2. The Bertz CT molecular complexity index is 895. The number of rotatable bonds is 4. The quantitative estimate of drug-likeness (QED) is 0.880. The maximum atomic E-state index is 12.2. The predicted molar refractivity (Wildman–Crippen MR) is 88.1 cm³/mol. The highest BCUT2D eigenvalue weighted by molar-refractivity contribution is 7.89. The van der Waals surface area contributed by atoms with E-state index in [0.29, 0.717) is 23.7 Å². The molecule has 0 atom stereocenters. The van der Waals surface area contributed by atoms with Crippen molar-refractivity contribution in [1.29, 1.82) is 0 Å². The Morgan fingerprint density at radius 1 is 1.25 bits per heavy atom. The van der Waals surface area contributed by atoms with Crippen LogP contribution in [-0.2, 0) is 10.0 Å². The zero-order chi connectivity index (χ0) is 17.3. The summed E-state index contributed by atoms with van der Waals surface area (Å²) in [6.07, 6.45) is 0. The fourth-order valence-corrected chi connectivity index (χ4v) is 3.70. The molecule has 0 aromatic heterocycles. The van der Waals surface area contributed by atoms with Crippen molar-refractivity contribution < 1.29 is 23.1 Å². The molecule has 0 saturated carbocycles. The summed E-state index contributed by atoms with van der Waals surface area (Å²) in [5.74, 6) is -0.417. The zero-order valence-electron chi connectivity index (χ0n) is 12.9. The van der Waals surface area contributed by atoms with Crippen LogP contribution in [0.1, 0.15) is 17.3 Å². The van der Waals surface area contributed by atoms with E-state index in [-0.39, 0.29) is 17.1 Å². The summed E-state index contributed by atoms with van der Waals surface area (Å²) >= 11 is 0. The van der Waals surface area contributed by atoms with Gasteiger partial charge >= 0.3 is 5.97 Å². The van der Waals surface area contributed by atoms with E-state index in [0.717, 1.165) is 0 Å². The number of carboxylic acid groups (broad SMARTS) is 1. The van der Waals surface area contributed by atoms with Crippen molar-refractivity contribution in [2.24, 2.45) is 0 Å². The number of carbonyl (C=O) groups is 1. The van der Waals surface area contributed by atoms with E-state index in [1.165, 1.54) is 18.2 Å². The Morgan fingerprint density at radius 3 is 2.71 bits per heavy atom. The molecule has 2 aromatic carbocycles. The molecule has 2 N–H and O–H groups in total. The van der Waals surface area contributed by atoms with Gasteiger partial charge in [-0.15, -0.1) is 0 Å². The summed E-state index contributed by atoms with van der Waals surface area (Å²) < 4.78 is 32.5. The van der Waals surface area contributed by atoms with Crippen molar-refractivity contribution in [3.05, 3.63) is 48.0 Å². The Hall–Kier alpha value is -2.58. The lowest BCUT2D eigenvalue weighted by Crippen LogP contribution is -2.42. The summed E-state index contributed by atoms with van der Waals surface area (Å²) in [6.45, 7) is 2.83. The van der Waals surface area contributed by atoms with Crippen molar-refractivity contribution in [3.63, 3.8) is 0 Å². The number of fused-ring (bicyclic) bond motifs is 1. The monoisotopic (exact) mass is 348 g/mol. The first kappa shape index (κ1) is 16.3. The van der Waals surface area contributed by atoms with Gasteiger partial charge in [-0.25, -0.2) is 13.2 Å². The van der Waals surface area contributed by atoms with Gasteiger partial charge in [0.2, 0.25) is 10.0 Å². The van der Waals surface area contributed by atoms with E-state index in [1.54, 1.807) is 24.3 Å². The number of nitrogens with zero attached hydrogens (tertiary/aromatic N) is 1. The topological polar surface area (TPSA) is 95.9 Å². The summed E-state index contributed by atoms with van der Waals surface area (Å²) in [5.41, 5.74) is 0.708. The maximum Gasteiger partial charge on any atom is 0.335 e. The van der Waals surface area contributed by atoms with Gasteiger partial charge in [-0.05, 0) is 37.3 Å². The highest BCUT2D eigenvalue weighted by Gasteiger charge is 2.27. The molecule has 0 saturated heterocycles. The lowest BCUT2D eigenvalue weighted by molar-refractivity contribution is 0.0696. The van der Waals surface area contributed by atoms with Crippen LogP contribution in [0, 0.1) is 0 Å². The molecule has 3 rings (SSSR count). The average molecular weight is 348 g/mol. The van der Waals surface area contributed by atoms with Crippen LogP contribution in [0.25, 0.3) is 0 Å². The Balaban J connectivity index is 1.97.